The van der Waals surface area contributed by atoms with Crippen LogP contribution in [0.25, 0.3) is 10.6 Å². The van der Waals surface area contributed by atoms with E-state index in [0.29, 0.717) is 41.0 Å². The monoisotopic (exact) mass is 364 g/mol. The van der Waals surface area contributed by atoms with E-state index in [0.717, 1.165) is 11.3 Å². The minimum absolute atomic E-state index is 0.184. The van der Waals surface area contributed by atoms with Gasteiger partial charge in [0.2, 0.25) is 0 Å². The SMILES string of the molecule is O=S(=O)(Nc1ccc2c(c1)OCCO2)c1ccc(-c2ccno2)s1. The molecule has 1 aliphatic rings. The van der Waals surface area contributed by atoms with Crippen LogP contribution in [0.15, 0.2) is 51.3 Å². The quantitative estimate of drug-likeness (QED) is 0.765. The predicted molar refractivity (Wildman–Crippen MR) is 88.1 cm³/mol. The van der Waals surface area contributed by atoms with Crippen molar-refractivity contribution >= 4 is 27.0 Å². The Hall–Kier alpha value is -2.52. The largest absolute Gasteiger partial charge is 0.486 e. The first-order valence-electron chi connectivity index (χ1n) is 7.05. The van der Waals surface area contributed by atoms with E-state index in [-0.39, 0.29) is 4.21 Å². The molecule has 0 amide bonds. The molecule has 2 aromatic heterocycles. The van der Waals surface area contributed by atoms with Gasteiger partial charge in [0.1, 0.15) is 17.4 Å². The van der Waals surface area contributed by atoms with Crippen molar-refractivity contribution in [3.05, 3.63) is 42.6 Å². The molecule has 0 saturated heterocycles. The van der Waals surface area contributed by atoms with E-state index in [9.17, 15) is 8.42 Å². The molecule has 24 heavy (non-hydrogen) atoms. The van der Waals surface area contributed by atoms with E-state index < -0.39 is 10.0 Å². The first-order valence-corrected chi connectivity index (χ1v) is 9.35. The fraction of sp³-hybridized carbons (Fsp3) is 0.133. The van der Waals surface area contributed by atoms with E-state index in [2.05, 4.69) is 9.88 Å². The minimum Gasteiger partial charge on any atom is -0.486 e. The van der Waals surface area contributed by atoms with Crippen molar-refractivity contribution < 1.29 is 22.4 Å². The number of thiophene rings is 1. The predicted octanol–water partition coefficient (Wildman–Crippen LogP) is 2.98. The second-order valence-corrected chi connectivity index (χ2v) is 7.95. The number of nitrogens with zero attached hydrogens (tertiary/aromatic N) is 1. The molecule has 4 rings (SSSR count). The lowest BCUT2D eigenvalue weighted by atomic mass is 10.3. The molecule has 0 aliphatic carbocycles. The maximum atomic E-state index is 12.5. The molecule has 0 fully saturated rings. The Morgan fingerprint density at radius 2 is 1.88 bits per heavy atom. The molecule has 0 saturated carbocycles. The van der Waals surface area contributed by atoms with Crippen molar-refractivity contribution in [3.8, 4) is 22.1 Å². The molecular formula is C15H12N2O5S2. The van der Waals surface area contributed by atoms with Crippen molar-refractivity contribution in [2.75, 3.05) is 17.9 Å². The van der Waals surface area contributed by atoms with Crippen LogP contribution in [0.3, 0.4) is 0 Å². The second-order valence-electron chi connectivity index (χ2n) is 4.96. The molecule has 0 atom stereocenters. The van der Waals surface area contributed by atoms with Crippen LogP contribution in [0.2, 0.25) is 0 Å². The third-order valence-corrected chi connectivity index (χ3v) is 6.29. The van der Waals surface area contributed by atoms with Gasteiger partial charge in [0.15, 0.2) is 17.3 Å². The average molecular weight is 364 g/mol. The molecule has 0 spiro atoms. The van der Waals surface area contributed by atoms with Crippen molar-refractivity contribution in [3.63, 3.8) is 0 Å². The van der Waals surface area contributed by atoms with Gasteiger partial charge in [0, 0.05) is 12.1 Å². The highest BCUT2D eigenvalue weighted by atomic mass is 32.2. The lowest BCUT2D eigenvalue weighted by molar-refractivity contribution is 0.171. The summed E-state index contributed by atoms with van der Waals surface area (Å²) in [5.74, 6) is 1.66. The molecule has 1 N–H and O–H groups in total. The Labute approximate surface area is 141 Å². The number of anilines is 1. The van der Waals surface area contributed by atoms with E-state index in [1.54, 1.807) is 30.3 Å². The van der Waals surface area contributed by atoms with E-state index in [4.69, 9.17) is 14.0 Å². The summed E-state index contributed by atoms with van der Waals surface area (Å²) >= 11 is 1.11. The lowest BCUT2D eigenvalue weighted by Gasteiger charge is -2.19. The van der Waals surface area contributed by atoms with Crippen molar-refractivity contribution in [1.29, 1.82) is 0 Å². The molecular weight excluding hydrogens is 352 g/mol. The number of hydrogen-bond acceptors (Lipinski definition) is 7. The van der Waals surface area contributed by atoms with Crippen LogP contribution in [0.4, 0.5) is 5.69 Å². The number of fused-ring (bicyclic) bond motifs is 1. The molecule has 3 aromatic rings. The molecule has 0 radical (unpaired) electrons. The normalized spacial score (nSPS) is 13.7. The van der Waals surface area contributed by atoms with E-state index in [1.807, 2.05) is 0 Å². The number of hydrogen-bond donors (Lipinski definition) is 1. The highest BCUT2D eigenvalue weighted by Gasteiger charge is 2.20. The summed E-state index contributed by atoms with van der Waals surface area (Å²) in [6.07, 6.45) is 1.51. The summed E-state index contributed by atoms with van der Waals surface area (Å²) in [4.78, 5) is 0.690. The topological polar surface area (TPSA) is 90.7 Å². The van der Waals surface area contributed by atoms with Gasteiger partial charge in [-0.15, -0.1) is 11.3 Å². The van der Waals surface area contributed by atoms with Gasteiger partial charge >= 0.3 is 0 Å². The maximum Gasteiger partial charge on any atom is 0.271 e. The Morgan fingerprint density at radius 3 is 2.67 bits per heavy atom. The zero-order valence-corrected chi connectivity index (χ0v) is 13.9. The number of benzene rings is 1. The first-order chi connectivity index (χ1) is 11.6. The number of rotatable bonds is 4. The smallest absolute Gasteiger partial charge is 0.271 e. The fourth-order valence-electron chi connectivity index (χ4n) is 2.25. The molecule has 1 aliphatic heterocycles. The molecule has 0 unspecified atom stereocenters. The van der Waals surface area contributed by atoms with Crippen LogP contribution in [0.1, 0.15) is 0 Å². The van der Waals surface area contributed by atoms with E-state index >= 15 is 0 Å². The zero-order chi connectivity index (χ0) is 16.6. The molecule has 9 heteroatoms. The van der Waals surface area contributed by atoms with Crippen molar-refractivity contribution in [2.45, 2.75) is 4.21 Å². The Bertz CT molecular complexity index is 964. The Kier molecular flexibility index (Phi) is 3.66. The highest BCUT2D eigenvalue weighted by molar-refractivity contribution is 7.94. The third-order valence-electron chi connectivity index (χ3n) is 3.32. The summed E-state index contributed by atoms with van der Waals surface area (Å²) in [6, 6.07) is 9.82. The van der Waals surface area contributed by atoms with Crippen LogP contribution in [-0.4, -0.2) is 26.8 Å². The fourth-order valence-corrected chi connectivity index (χ4v) is 4.57. The van der Waals surface area contributed by atoms with Gasteiger partial charge in [-0.25, -0.2) is 8.42 Å². The molecule has 124 valence electrons. The molecule has 3 heterocycles. The Balaban J connectivity index is 1.59. The van der Waals surface area contributed by atoms with Gasteiger partial charge in [0.05, 0.1) is 16.8 Å². The van der Waals surface area contributed by atoms with Crippen LogP contribution in [-0.2, 0) is 10.0 Å². The van der Waals surface area contributed by atoms with Crippen LogP contribution >= 0.6 is 11.3 Å². The molecule has 0 bridgehead atoms. The van der Waals surface area contributed by atoms with Crippen LogP contribution < -0.4 is 14.2 Å². The van der Waals surface area contributed by atoms with Gasteiger partial charge in [-0.05, 0) is 24.3 Å². The zero-order valence-electron chi connectivity index (χ0n) is 12.3. The summed E-state index contributed by atoms with van der Waals surface area (Å²) in [7, 11) is -3.70. The number of nitrogens with one attached hydrogen (secondary N) is 1. The van der Waals surface area contributed by atoms with Crippen LogP contribution in [0, 0.1) is 0 Å². The summed E-state index contributed by atoms with van der Waals surface area (Å²) in [6.45, 7) is 0.923. The van der Waals surface area contributed by atoms with Gasteiger partial charge in [-0.1, -0.05) is 5.16 Å². The van der Waals surface area contributed by atoms with Crippen molar-refractivity contribution in [2.24, 2.45) is 0 Å². The van der Waals surface area contributed by atoms with Gasteiger partial charge in [-0.2, -0.15) is 0 Å². The maximum absolute atomic E-state index is 12.5. The Morgan fingerprint density at radius 1 is 1.04 bits per heavy atom. The van der Waals surface area contributed by atoms with Crippen molar-refractivity contribution in [1.82, 2.24) is 5.16 Å². The van der Waals surface area contributed by atoms with E-state index in [1.165, 1.54) is 12.3 Å². The number of aromatic nitrogens is 1. The standard InChI is InChI=1S/C15H12N2O5S2/c18-24(19,15-4-3-14(23-15)12-5-6-16-22-12)17-10-1-2-11-13(9-10)21-8-7-20-11/h1-6,9,17H,7-8H2. The minimum atomic E-state index is -3.70. The first kappa shape index (κ1) is 15.0. The van der Waals surface area contributed by atoms with Crippen LogP contribution in [0.5, 0.6) is 11.5 Å². The highest BCUT2D eigenvalue weighted by Crippen LogP contribution is 2.35. The van der Waals surface area contributed by atoms with Gasteiger partial charge in [0.25, 0.3) is 10.0 Å². The summed E-state index contributed by atoms with van der Waals surface area (Å²) < 4.78 is 43.7. The number of sulfonamides is 1. The molecule has 7 nitrogen and oxygen atoms in total. The van der Waals surface area contributed by atoms with Gasteiger partial charge in [-0.3, -0.25) is 4.72 Å². The summed E-state index contributed by atoms with van der Waals surface area (Å²) in [5.41, 5.74) is 0.411. The van der Waals surface area contributed by atoms with Gasteiger partial charge < -0.3 is 14.0 Å². The summed E-state index contributed by atoms with van der Waals surface area (Å²) in [5, 5.41) is 3.62. The average Bonchev–Trinajstić information content (AvgIpc) is 3.25. The lowest BCUT2D eigenvalue weighted by Crippen LogP contribution is -2.16. The third kappa shape index (κ3) is 2.83. The second kappa shape index (κ2) is 5.84. The number of ether oxygens (including phenoxy) is 2. The molecule has 1 aromatic carbocycles.